The second-order valence-corrected chi connectivity index (χ2v) is 6.19. The molecule has 0 fully saturated rings. The second kappa shape index (κ2) is 7.51. The Kier molecular flexibility index (Phi) is 4.76. The number of hydrogen-bond donors (Lipinski definition) is 2. The van der Waals surface area contributed by atoms with E-state index >= 15 is 0 Å². The van der Waals surface area contributed by atoms with Gasteiger partial charge in [-0.1, -0.05) is 24.3 Å². The number of nitrogens with zero attached hydrogens (tertiary/aromatic N) is 3. The van der Waals surface area contributed by atoms with Crippen LogP contribution in [0.5, 0.6) is 0 Å². The number of pyridine rings is 1. The molecule has 1 aliphatic heterocycles. The molecule has 3 heterocycles. The van der Waals surface area contributed by atoms with Crippen LogP contribution in [0.1, 0.15) is 27.6 Å². The molecule has 0 aliphatic carbocycles. The zero-order valence-electron chi connectivity index (χ0n) is 14.5. The highest BCUT2D eigenvalue weighted by Crippen LogP contribution is 2.27. The molecular weight excluding hydrogens is 344 g/mol. The first kappa shape index (κ1) is 17.1. The minimum Gasteiger partial charge on any atom is -0.478 e. The average Bonchev–Trinajstić information content (AvgIpc) is 2.72. The van der Waals surface area contributed by atoms with Gasteiger partial charge < -0.3 is 15.2 Å². The monoisotopic (exact) mass is 362 g/mol. The summed E-state index contributed by atoms with van der Waals surface area (Å²) in [6, 6.07) is 12.9. The number of anilines is 1. The van der Waals surface area contributed by atoms with Crippen LogP contribution in [-0.4, -0.2) is 39.2 Å². The summed E-state index contributed by atoms with van der Waals surface area (Å²) in [5, 5.41) is 12.3. The predicted molar refractivity (Wildman–Crippen MR) is 99.6 cm³/mol. The van der Waals surface area contributed by atoms with Gasteiger partial charge >= 0.3 is 5.97 Å². The molecule has 0 bridgehead atoms. The summed E-state index contributed by atoms with van der Waals surface area (Å²) in [4.78, 5) is 24.0. The molecule has 27 heavy (non-hydrogen) atoms. The predicted octanol–water partition coefficient (Wildman–Crippen LogP) is 2.96. The zero-order valence-corrected chi connectivity index (χ0v) is 14.5. The lowest BCUT2D eigenvalue weighted by Crippen LogP contribution is -2.23. The number of carboxylic acid groups (broad SMARTS) is 1. The van der Waals surface area contributed by atoms with Crippen LogP contribution in [0.4, 0.5) is 5.95 Å². The first-order chi connectivity index (χ1) is 13.2. The van der Waals surface area contributed by atoms with Crippen molar-refractivity contribution in [3.05, 3.63) is 71.5 Å². The Morgan fingerprint density at radius 3 is 2.89 bits per heavy atom. The number of hydrogen-bond acceptors (Lipinski definition) is 6. The molecule has 1 aromatic carbocycles. The zero-order chi connectivity index (χ0) is 18.6. The largest absolute Gasteiger partial charge is 0.478 e. The molecule has 1 aliphatic rings. The van der Waals surface area contributed by atoms with Gasteiger partial charge in [0.2, 0.25) is 5.95 Å². The molecule has 7 heteroatoms. The molecule has 0 radical (unpaired) electrons. The molecule has 1 atom stereocenters. The molecule has 4 rings (SSSR count). The van der Waals surface area contributed by atoms with E-state index in [9.17, 15) is 4.79 Å². The fourth-order valence-corrected chi connectivity index (χ4v) is 3.12. The lowest BCUT2D eigenvalue weighted by atomic mass is 9.98. The molecule has 7 nitrogen and oxygen atoms in total. The Bertz CT molecular complexity index is 977. The number of fused-ring (bicyclic) bond motifs is 1. The van der Waals surface area contributed by atoms with E-state index in [2.05, 4.69) is 32.4 Å². The Labute approximate surface area is 156 Å². The van der Waals surface area contributed by atoms with Crippen LogP contribution in [0, 0.1) is 0 Å². The third kappa shape index (κ3) is 3.78. The molecule has 0 saturated carbocycles. The van der Waals surface area contributed by atoms with Gasteiger partial charge in [-0.25, -0.2) is 14.8 Å². The highest BCUT2D eigenvalue weighted by atomic mass is 16.5. The van der Waals surface area contributed by atoms with E-state index in [4.69, 9.17) is 9.84 Å². The number of aromatic carboxylic acids is 1. The van der Waals surface area contributed by atoms with Crippen molar-refractivity contribution >= 4 is 11.9 Å². The van der Waals surface area contributed by atoms with Crippen molar-refractivity contribution in [3.8, 4) is 11.4 Å². The van der Waals surface area contributed by atoms with Gasteiger partial charge in [-0.2, -0.15) is 0 Å². The number of ether oxygens (including phenoxy) is 1. The molecule has 0 saturated heterocycles. The highest BCUT2D eigenvalue weighted by Gasteiger charge is 2.20. The van der Waals surface area contributed by atoms with E-state index < -0.39 is 5.97 Å². The molecule has 3 aromatic rings. The number of carbonyl (C=O) groups is 1. The van der Waals surface area contributed by atoms with Crippen LogP contribution in [-0.2, 0) is 11.2 Å². The average molecular weight is 362 g/mol. The Hall–Kier alpha value is -3.32. The number of benzene rings is 1. The van der Waals surface area contributed by atoms with Crippen LogP contribution in [0.2, 0.25) is 0 Å². The topological polar surface area (TPSA) is 97.2 Å². The lowest BCUT2D eigenvalue weighted by molar-refractivity contribution is 0.0512. The van der Waals surface area contributed by atoms with Crippen molar-refractivity contribution in [2.75, 3.05) is 18.5 Å². The van der Waals surface area contributed by atoms with Gasteiger partial charge in [-0.05, 0) is 35.7 Å². The number of nitrogens with one attached hydrogen (secondary N) is 1. The summed E-state index contributed by atoms with van der Waals surface area (Å²) in [6.45, 7) is 1.24. The van der Waals surface area contributed by atoms with Gasteiger partial charge in [0.15, 0.2) is 0 Å². The molecule has 2 N–H and O–H groups in total. The standard InChI is InChI=1S/C20H18N4O3/c25-19(26)14-5-8-21-17(11-14)16-6-9-22-20(24-16)23-12-18-15-4-2-1-3-13(15)7-10-27-18/h1-6,8-9,11,18H,7,10,12H2,(H,25,26)(H,22,23,24). The minimum absolute atomic E-state index is 0.0596. The van der Waals surface area contributed by atoms with E-state index in [1.807, 2.05) is 12.1 Å². The first-order valence-electron chi connectivity index (χ1n) is 8.67. The van der Waals surface area contributed by atoms with Crippen molar-refractivity contribution in [2.45, 2.75) is 12.5 Å². The summed E-state index contributed by atoms with van der Waals surface area (Å²) >= 11 is 0. The first-order valence-corrected chi connectivity index (χ1v) is 8.67. The molecule has 136 valence electrons. The summed E-state index contributed by atoms with van der Waals surface area (Å²) in [6.07, 6.45) is 3.94. The lowest BCUT2D eigenvalue weighted by Gasteiger charge is -2.26. The Balaban J connectivity index is 1.51. The van der Waals surface area contributed by atoms with E-state index in [1.165, 1.54) is 29.5 Å². The van der Waals surface area contributed by atoms with Crippen molar-refractivity contribution in [2.24, 2.45) is 0 Å². The van der Waals surface area contributed by atoms with E-state index in [0.29, 0.717) is 30.5 Å². The summed E-state index contributed by atoms with van der Waals surface area (Å²) in [7, 11) is 0. The molecule has 0 spiro atoms. The van der Waals surface area contributed by atoms with Gasteiger partial charge in [0.1, 0.15) is 6.10 Å². The number of aromatic nitrogens is 3. The quantitative estimate of drug-likeness (QED) is 0.720. The molecular formula is C20H18N4O3. The number of carboxylic acids is 1. The smallest absolute Gasteiger partial charge is 0.335 e. The van der Waals surface area contributed by atoms with Crippen LogP contribution in [0.3, 0.4) is 0 Å². The van der Waals surface area contributed by atoms with Crippen molar-refractivity contribution in [3.63, 3.8) is 0 Å². The van der Waals surface area contributed by atoms with Crippen molar-refractivity contribution in [1.29, 1.82) is 0 Å². The maximum Gasteiger partial charge on any atom is 0.335 e. The number of rotatable bonds is 5. The van der Waals surface area contributed by atoms with E-state index in [0.717, 1.165) is 6.42 Å². The summed E-state index contributed by atoms with van der Waals surface area (Å²) in [5.74, 6) is -0.555. The van der Waals surface area contributed by atoms with Gasteiger partial charge in [0.05, 0.1) is 23.6 Å². The van der Waals surface area contributed by atoms with Crippen molar-refractivity contribution in [1.82, 2.24) is 15.0 Å². The van der Waals surface area contributed by atoms with E-state index in [-0.39, 0.29) is 11.7 Å². The van der Waals surface area contributed by atoms with Gasteiger partial charge in [0.25, 0.3) is 0 Å². The van der Waals surface area contributed by atoms with Gasteiger partial charge in [-0.3, -0.25) is 4.98 Å². The van der Waals surface area contributed by atoms with Crippen LogP contribution < -0.4 is 5.32 Å². The maximum absolute atomic E-state index is 11.1. The normalized spacial score (nSPS) is 15.8. The fourth-order valence-electron chi connectivity index (χ4n) is 3.12. The van der Waals surface area contributed by atoms with Gasteiger partial charge in [-0.15, -0.1) is 0 Å². The SMILES string of the molecule is O=C(O)c1ccnc(-c2ccnc(NCC3OCCc4ccccc43)n2)c1. The fraction of sp³-hybridized carbons (Fsp3) is 0.200. The second-order valence-electron chi connectivity index (χ2n) is 6.19. The van der Waals surface area contributed by atoms with Gasteiger partial charge in [0, 0.05) is 18.9 Å². The molecule has 2 aromatic heterocycles. The van der Waals surface area contributed by atoms with E-state index in [1.54, 1.807) is 12.3 Å². The highest BCUT2D eigenvalue weighted by molar-refractivity contribution is 5.88. The van der Waals surface area contributed by atoms with Crippen molar-refractivity contribution < 1.29 is 14.6 Å². The third-order valence-corrected chi connectivity index (χ3v) is 4.46. The Morgan fingerprint density at radius 2 is 2.00 bits per heavy atom. The maximum atomic E-state index is 11.1. The minimum atomic E-state index is -1.00. The Morgan fingerprint density at radius 1 is 1.15 bits per heavy atom. The molecule has 0 amide bonds. The van der Waals surface area contributed by atoms with Crippen LogP contribution >= 0.6 is 0 Å². The third-order valence-electron chi connectivity index (χ3n) is 4.46. The van der Waals surface area contributed by atoms with Crippen LogP contribution in [0.25, 0.3) is 11.4 Å². The summed E-state index contributed by atoms with van der Waals surface area (Å²) < 4.78 is 5.89. The van der Waals surface area contributed by atoms with Crippen LogP contribution in [0.15, 0.2) is 54.9 Å². The molecule has 1 unspecified atom stereocenters. The summed E-state index contributed by atoms with van der Waals surface area (Å²) in [5.41, 5.74) is 3.70.